The van der Waals surface area contributed by atoms with Gasteiger partial charge in [-0.3, -0.25) is 4.79 Å². The van der Waals surface area contributed by atoms with Crippen LogP contribution in [0.5, 0.6) is 0 Å². The Labute approximate surface area is 193 Å². The summed E-state index contributed by atoms with van der Waals surface area (Å²) in [5, 5.41) is -0.109. The zero-order valence-electron chi connectivity index (χ0n) is 18.4. The number of carbonyl (C=O) groups is 1. The number of amides is 1. The van der Waals surface area contributed by atoms with Gasteiger partial charge in [0.2, 0.25) is 0 Å². The van der Waals surface area contributed by atoms with E-state index in [1.807, 2.05) is 0 Å². The lowest BCUT2D eigenvalue weighted by atomic mass is 10.1. The summed E-state index contributed by atoms with van der Waals surface area (Å²) >= 11 is 0. The maximum atomic E-state index is 14.6. The molecule has 1 N–H and O–H groups in total. The van der Waals surface area contributed by atoms with Crippen LogP contribution in [0.15, 0.2) is 39.6 Å². The van der Waals surface area contributed by atoms with Gasteiger partial charge in [0.1, 0.15) is 29.2 Å². The van der Waals surface area contributed by atoms with E-state index >= 15 is 0 Å². The molecule has 0 spiro atoms. The lowest BCUT2D eigenvalue weighted by molar-refractivity contribution is 0.0956. The Kier molecular flexibility index (Phi) is 5.96. The van der Waals surface area contributed by atoms with E-state index in [2.05, 4.69) is 0 Å². The van der Waals surface area contributed by atoms with E-state index in [9.17, 15) is 30.8 Å². The van der Waals surface area contributed by atoms with Crippen LogP contribution in [0.3, 0.4) is 0 Å². The van der Waals surface area contributed by atoms with Crippen LogP contribution in [0.25, 0.3) is 11.0 Å². The molecule has 0 unspecified atom stereocenters. The fourth-order valence-corrected chi connectivity index (χ4v) is 4.62. The molecule has 4 rings (SSSR count). The fraction of sp³-hybridized carbons (Fsp3) is 0.318. The SMILES string of the molecule is CC(C)N(C)c1cc(F)c(S(=O)(=O)NC(=O)c2cc3c(F)cc(N4CC(F)C4)cc3o2)c(F)c1. The molecule has 12 heteroatoms. The zero-order valence-corrected chi connectivity index (χ0v) is 19.2. The summed E-state index contributed by atoms with van der Waals surface area (Å²) in [5.74, 6) is -5.46. The van der Waals surface area contributed by atoms with Gasteiger partial charge in [0.25, 0.3) is 10.0 Å². The van der Waals surface area contributed by atoms with Crippen molar-refractivity contribution in [3.05, 3.63) is 53.5 Å². The average molecular weight is 499 g/mol. The Balaban J connectivity index is 1.61. The smallest absolute Gasteiger partial charge is 0.300 e. The number of nitrogens with one attached hydrogen (secondary N) is 1. The maximum absolute atomic E-state index is 14.6. The Bertz CT molecular complexity index is 1360. The van der Waals surface area contributed by atoms with Crippen molar-refractivity contribution in [1.29, 1.82) is 0 Å². The van der Waals surface area contributed by atoms with E-state index in [0.717, 1.165) is 24.3 Å². The van der Waals surface area contributed by atoms with Crippen molar-refractivity contribution in [3.8, 4) is 0 Å². The fourth-order valence-electron chi connectivity index (χ4n) is 3.54. The van der Waals surface area contributed by atoms with Crippen LogP contribution in [0.1, 0.15) is 24.4 Å². The quantitative estimate of drug-likeness (QED) is 0.517. The highest BCUT2D eigenvalue weighted by Gasteiger charge is 2.30. The first-order chi connectivity index (χ1) is 15.9. The summed E-state index contributed by atoms with van der Waals surface area (Å²) < 4.78 is 88.8. The molecule has 0 saturated carbocycles. The minimum absolute atomic E-state index is 0.0710. The topological polar surface area (TPSA) is 82.9 Å². The number of rotatable bonds is 6. The molecule has 2 aromatic carbocycles. The molecule has 1 aliphatic rings. The predicted molar refractivity (Wildman–Crippen MR) is 118 cm³/mol. The largest absolute Gasteiger partial charge is 0.451 e. The van der Waals surface area contributed by atoms with Gasteiger partial charge in [-0.25, -0.2) is 30.7 Å². The number of carbonyl (C=O) groups excluding carboxylic acids is 1. The highest BCUT2D eigenvalue weighted by atomic mass is 32.2. The number of fused-ring (bicyclic) bond motifs is 1. The average Bonchev–Trinajstić information content (AvgIpc) is 3.14. The molecule has 0 atom stereocenters. The minimum Gasteiger partial charge on any atom is -0.451 e. The summed E-state index contributed by atoms with van der Waals surface area (Å²) in [6.07, 6.45) is -1.03. The van der Waals surface area contributed by atoms with Crippen molar-refractivity contribution in [2.24, 2.45) is 0 Å². The van der Waals surface area contributed by atoms with Gasteiger partial charge in [-0.2, -0.15) is 0 Å². The number of nitrogens with zero attached hydrogens (tertiary/aromatic N) is 2. The van der Waals surface area contributed by atoms with Crippen LogP contribution >= 0.6 is 0 Å². The van der Waals surface area contributed by atoms with Crippen LogP contribution in [-0.4, -0.2) is 46.7 Å². The Morgan fingerprint density at radius 1 is 1.09 bits per heavy atom. The molecule has 3 aromatic rings. The van der Waals surface area contributed by atoms with E-state index in [1.54, 1.807) is 30.5 Å². The van der Waals surface area contributed by atoms with Crippen LogP contribution in [0, 0.1) is 17.5 Å². The molecule has 7 nitrogen and oxygen atoms in total. The van der Waals surface area contributed by atoms with Crippen LogP contribution in [0.4, 0.5) is 28.9 Å². The van der Waals surface area contributed by atoms with Gasteiger partial charge in [0, 0.05) is 36.6 Å². The number of hydrogen-bond donors (Lipinski definition) is 1. The second kappa shape index (κ2) is 8.49. The normalized spacial score (nSPS) is 14.5. The predicted octanol–water partition coefficient (Wildman–Crippen LogP) is 3.97. The molecule has 1 aromatic heterocycles. The third kappa shape index (κ3) is 4.29. The van der Waals surface area contributed by atoms with E-state index in [0.29, 0.717) is 5.69 Å². The van der Waals surface area contributed by atoms with Crippen molar-refractivity contribution >= 4 is 38.3 Å². The van der Waals surface area contributed by atoms with Gasteiger partial charge >= 0.3 is 5.91 Å². The summed E-state index contributed by atoms with van der Waals surface area (Å²) in [5.41, 5.74) is 0.377. The van der Waals surface area contributed by atoms with Gasteiger partial charge in [0.15, 0.2) is 10.7 Å². The van der Waals surface area contributed by atoms with Crippen molar-refractivity contribution in [3.63, 3.8) is 0 Å². The summed E-state index contributed by atoms with van der Waals surface area (Å²) in [6, 6.07) is 5.08. The Hall–Kier alpha value is -3.28. The molecule has 1 amide bonds. The molecular formula is C22H21F4N3O4S. The van der Waals surface area contributed by atoms with E-state index in [1.165, 1.54) is 11.0 Å². The van der Waals surface area contributed by atoms with Gasteiger partial charge in [-0.15, -0.1) is 0 Å². The molecule has 2 heterocycles. The van der Waals surface area contributed by atoms with Crippen LogP contribution < -0.4 is 14.5 Å². The lowest BCUT2D eigenvalue weighted by Gasteiger charge is -2.36. The standard InChI is InChI=1S/C22H21F4N3O4S/c1-11(2)28(3)13-4-17(25)21(18(26)5-13)34(31,32)27-22(30)20-8-15-16(24)6-14(7-19(15)33-20)29-9-12(23)10-29/h4-8,11-12H,9-10H2,1-3H3,(H,27,30). The Morgan fingerprint density at radius 3 is 2.26 bits per heavy atom. The van der Waals surface area contributed by atoms with Gasteiger partial charge in [-0.05, 0) is 32.0 Å². The van der Waals surface area contributed by atoms with Crippen molar-refractivity contribution in [2.45, 2.75) is 31.0 Å². The molecular weight excluding hydrogens is 478 g/mol. The second-order valence-corrected chi connectivity index (χ2v) is 9.95. The van der Waals surface area contributed by atoms with Crippen molar-refractivity contribution in [1.82, 2.24) is 4.72 Å². The number of anilines is 2. The lowest BCUT2D eigenvalue weighted by Crippen LogP contribution is -2.48. The van der Waals surface area contributed by atoms with Gasteiger partial charge < -0.3 is 14.2 Å². The summed E-state index contributed by atoms with van der Waals surface area (Å²) in [6.45, 7) is 3.72. The van der Waals surface area contributed by atoms with Gasteiger partial charge in [0.05, 0.1) is 18.5 Å². The van der Waals surface area contributed by atoms with Crippen molar-refractivity contribution < 1.29 is 35.2 Å². The second-order valence-electron chi connectivity index (χ2n) is 8.33. The summed E-state index contributed by atoms with van der Waals surface area (Å²) in [4.78, 5) is 14.3. The molecule has 1 aliphatic heterocycles. The van der Waals surface area contributed by atoms with Crippen LogP contribution in [-0.2, 0) is 10.0 Å². The minimum atomic E-state index is -4.97. The number of sulfonamides is 1. The van der Waals surface area contributed by atoms with Gasteiger partial charge in [-0.1, -0.05) is 0 Å². The molecule has 1 fully saturated rings. The van der Waals surface area contributed by atoms with Crippen molar-refractivity contribution in [2.75, 3.05) is 29.9 Å². The number of halogens is 4. The molecule has 0 radical (unpaired) electrons. The van der Waals surface area contributed by atoms with E-state index < -0.39 is 50.2 Å². The summed E-state index contributed by atoms with van der Waals surface area (Å²) in [7, 11) is -3.39. The first-order valence-electron chi connectivity index (χ1n) is 10.3. The highest BCUT2D eigenvalue weighted by Crippen LogP contribution is 2.31. The van der Waals surface area contributed by atoms with E-state index in [-0.39, 0.29) is 35.8 Å². The third-order valence-corrected chi connectivity index (χ3v) is 7.04. The monoisotopic (exact) mass is 499 g/mol. The highest BCUT2D eigenvalue weighted by molar-refractivity contribution is 7.90. The molecule has 1 saturated heterocycles. The Morgan fingerprint density at radius 2 is 1.71 bits per heavy atom. The first kappa shape index (κ1) is 23.9. The maximum Gasteiger partial charge on any atom is 0.300 e. The molecule has 34 heavy (non-hydrogen) atoms. The molecule has 0 bridgehead atoms. The third-order valence-electron chi connectivity index (χ3n) is 5.66. The van der Waals surface area contributed by atoms with Crippen LogP contribution in [0.2, 0.25) is 0 Å². The molecule has 0 aliphatic carbocycles. The first-order valence-corrected chi connectivity index (χ1v) is 11.8. The number of furan rings is 1. The number of hydrogen-bond acceptors (Lipinski definition) is 6. The number of alkyl halides is 1. The zero-order chi connectivity index (χ0) is 24.9. The molecule has 182 valence electrons. The number of benzene rings is 2. The van der Waals surface area contributed by atoms with E-state index in [4.69, 9.17) is 4.42 Å².